The first-order valence-corrected chi connectivity index (χ1v) is 12.2. The molecule has 0 saturated heterocycles. The fourth-order valence-electron chi connectivity index (χ4n) is 3.99. The van der Waals surface area contributed by atoms with E-state index in [9.17, 15) is 4.79 Å². The number of rotatable bonds is 8. The first kappa shape index (κ1) is 23.7. The van der Waals surface area contributed by atoms with Crippen molar-refractivity contribution in [2.75, 3.05) is 0 Å². The first-order chi connectivity index (χ1) is 16.9. The summed E-state index contributed by atoms with van der Waals surface area (Å²) in [6.07, 6.45) is 2.07. The maximum Gasteiger partial charge on any atom is 0.307 e. The van der Waals surface area contributed by atoms with Crippen LogP contribution >= 0.6 is 34.8 Å². The molecule has 0 aliphatic heterocycles. The number of carboxylic acids is 1. The summed E-state index contributed by atoms with van der Waals surface area (Å²) in [5.41, 5.74) is 4.59. The minimum atomic E-state index is -0.861. The highest BCUT2D eigenvalue weighted by Crippen LogP contribution is 2.46. The molecule has 0 unspecified atom stereocenters. The van der Waals surface area contributed by atoms with Gasteiger partial charge in [-0.15, -0.1) is 0 Å². The molecule has 1 heterocycles. The van der Waals surface area contributed by atoms with Crippen LogP contribution in [-0.4, -0.2) is 16.2 Å². The zero-order chi connectivity index (χ0) is 24.5. The number of ether oxygens (including phenoxy) is 1. The largest absolute Gasteiger partial charge is 0.487 e. The van der Waals surface area contributed by atoms with Crippen LogP contribution in [0.15, 0.2) is 65.2 Å². The smallest absolute Gasteiger partial charge is 0.307 e. The van der Waals surface area contributed by atoms with Crippen molar-refractivity contribution in [3.8, 4) is 28.1 Å². The summed E-state index contributed by atoms with van der Waals surface area (Å²) < 4.78 is 11.8. The van der Waals surface area contributed by atoms with Crippen LogP contribution in [0.5, 0.6) is 5.75 Å². The average Bonchev–Trinajstić information content (AvgIpc) is 3.59. The van der Waals surface area contributed by atoms with E-state index in [4.69, 9.17) is 49.2 Å². The molecule has 1 N–H and O–H groups in total. The molecule has 3 aromatic carbocycles. The van der Waals surface area contributed by atoms with E-state index < -0.39 is 5.97 Å². The summed E-state index contributed by atoms with van der Waals surface area (Å²) >= 11 is 19.4. The molecular formula is C27H20Cl3NO4. The van der Waals surface area contributed by atoms with Crippen molar-refractivity contribution in [1.82, 2.24) is 5.16 Å². The SMILES string of the molecule is O=C(O)Cc1ccc(-c2ccc(OCc3c(-c4c(Cl)cccc4Cl)noc3C3CC3)c(Cl)c2)cc1. The quantitative estimate of drug-likeness (QED) is 0.250. The monoisotopic (exact) mass is 527 g/mol. The molecule has 8 heteroatoms. The van der Waals surface area contributed by atoms with Crippen LogP contribution in [0, 0.1) is 0 Å². The summed E-state index contributed by atoms with van der Waals surface area (Å²) in [6.45, 7) is 0.204. The summed E-state index contributed by atoms with van der Waals surface area (Å²) in [5.74, 6) is 0.778. The van der Waals surface area contributed by atoms with Crippen molar-refractivity contribution in [3.63, 3.8) is 0 Å². The highest BCUT2D eigenvalue weighted by Gasteiger charge is 2.33. The van der Waals surface area contributed by atoms with Gasteiger partial charge < -0.3 is 14.4 Å². The first-order valence-electron chi connectivity index (χ1n) is 11.1. The molecule has 0 atom stereocenters. The predicted molar refractivity (Wildman–Crippen MR) is 136 cm³/mol. The summed E-state index contributed by atoms with van der Waals surface area (Å²) in [4.78, 5) is 10.9. The van der Waals surface area contributed by atoms with Crippen LogP contribution in [0.2, 0.25) is 15.1 Å². The lowest BCUT2D eigenvalue weighted by Gasteiger charge is -2.12. The second-order valence-electron chi connectivity index (χ2n) is 8.45. The van der Waals surface area contributed by atoms with E-state index in [2.05, 4.69) is 5.16 Å². The number of hydrogen-bond acceptors (Lipinski definition) is 4. The number of aromatic nitrogens is 1. The van der Waals surface area contributed by atoms with E-state index in [1.165, 1.54) is 0 Å². The number of halogens is 3. The van der Waals surface area contributed by atoms with Gasteiger partial charge in [-0.3, -0.25) is 4.79 Å². The molecule has 178 valence electrons. The molecule has 1 aromatic heterocycles. The van der Waals surface area contributed by atoms with Gasteiger partial charge in [0.2, 0.25) is 0 Å². The fourth-order valence-corrected chi connectivity index (χ4v) is 4.80. The van der Waals surface area contributed by atoms with Gasteiger partial charge in [0.1, 0.15) is 23.8 Å². The highest BCUT2D eigenvalue weighted by atomic mass is 35.5. The number of carboxylic acid groups (broad SMARTS) is 1. The molecule has 5 nitrogen and oxygen atoms in total. The number of aliphatic carboxylic acids is 1. The van der Waals surface area contributed by atoms with Gasteiger partial charge >= 0.3 is 5.97 Å². The summed E-state index contributed by atoms with van der Waals surface area (Å²) in [6, 6.07) is 18.2. The molecule has 0 bridgehead atoms. The van der Waals surface area contributed by atoms with Gasteiger partial charge in [-0.25, -0.2) is 0 Å². The van der Waals surface area contributed by atoms with E-state index >= 15 is 0 Å². The molecule has 4 aromatic rings. The van der Waals surface area contributed by atoms with E-state index in [-0.39, 0.29) is 13.0 Å². The number of hydrogen-bond donors (Lipinski definition) is 1. The standard InChI is InChI=1S/C27H20Cl3NO4/c28-20-2-1-3-21(29)25(20)26-19(27(35-31-26)17-8-9-17)14-34-23-11-10-18(13-22(23)30)16-6-4-15(5-7-16)12-24(32)33/h1-7,10-11,13,17H,8-9,12,14H2,(H,32,33). The highest BCUT2D eigenvalue weighted by molar-refractivity contribution is 6.39. The Kier molecular flexibility index (Phi) is 6.74. The van der Waals surface area contributed by atoms with Gasteiger partial charge in [-0.1, -0.05) is 76.4 Å². The number of carbonyl (C=O) groups is 1. The van der Waals surface area contributed by atoms with Gasteiger partial charge in [0.25, 0.3) is 0 Å². The molecular weight excluding hydrogens is 509 g/mol. The van der Waals surface area contributed by atoms with Crippen LogP contribution in [-0.2, 0) is 17.8 Å². The molecule has 1 aliphatic rings. The Morgan fingerprint density at radius 3 is 2.29 bits per heavy atom. The molecule has 1 saturated carbocycles. The Labute approximate surface area is 217 Å². The zero-order valence-electron chi connectivity index (χ0n) is 18.4. The van der Waals surface area contributed by atoms with E-state index in [1.807, 2.05) is 30.3 Å². The van der Waals surface area contributed by atoms with Gasteiger partial charge in [0, 0.05) is 11.5 Å². The lowest BCUT2D eigenvalue weighted by Crippen LogP contribution is -2.00. The van der Waals surface area contributed by atoms with Crippen LogP contribution in [0.3, 0.4) is 0 Å². The van der Waals surface area contributed by atoms with Crippen LogP contribution < -0.4 is 4.74 Å². The molecule has 1 fully saturated rings. The Hall–Kier alpha value is -2.99. The van der Waals surface area contributed by atoms with Gasteiger partial charge in [0.05, 0.1) is 27.1 Å². The molecule has 0 amide bonds. The molecule has 0 spiro atoms. The van der Waals surface area contributed by atoms with Gasteiger partial charge in [0.15, 0.2) is 0 Å². The average molecular weight is 529 g/mol. The van der Waals surface area contributed by atoms with Crippen molar-refractivity contribution in [3.05, 3.63) is 92.6 Å². The van der Waals surface area contributed by atoms with Crippen LogP contribution in [0.1, 0.15) is 35.6 Å². The number of benzene rings is 3. The topological polar surface area (TPSA) is 72.6 Å². The van der Waals surface area contributed by atoms with Crippen LogP contribution in [0.25, 0.3) is 22.4 Å². The third-order valence-corrected chi connectivity index (χ3v) is 6.84. The molecule has 35 heavy (non-hydrogen) atoms. The second-order valence-corrected chi connectivity index (χ2v) is 9.67. The minimum Gasteiger partial charge on any atom is -0.487 e. The van der Waals surface area contributed by atoms with E-state index in [1.54, 1.807) is 30.3 Å². The molecule has 1 aliphatic carbocycles. The van der Waals surface area contributed by atoms with Gasteiger partial charge in [-0.2, -0.15) is 0 Å². The Morgan fingerprint density at radius 1 is 0.971 bits per heavy atom. The normalized spacial score (nSPS) is 13.1. The van der Waals surface area contributed by atoms with Crippen molar-refractivity contribution >= 4 is 40.8 Å². The van der Waals surface area contributed by atoms with Gasteiger partial charge in [-0.05, 0) is 53.8 Å². The maximum atomic E-state index is 10.9. The Morgan fingerprint density at radius 2 is 1.66 bits per heavy atom. The third-order valence-electron chi connectivity index (χ3n) is 5.91. The lowest BCUT2D eigenvalue weighted by atomic mass is 10.0. The molecule has 5 rings (SSSR count). The van der Waals surface area contributed by atoms with Crippen molar-refractivity contribution in [2.24, 2.45) is 0 Å². The lowest BCUT2D eigenvalue weighted by molar-refractivity contribution is -0.136. The molecule has 0 radical (unpaired) electrons. The zero-order valence-corrected chi connectivity index (χ0v) is 20.7. The summed E-state index contributed by atoms with van der Waals surface area (Å²) in [5, 5.41) is 14.7. The third kappa shape index (κ3) is 5.18. The van der Waals surface area contributed by atoms with Crippen molar-refractivity contribution < 1.29 is 19.2 Å². The Bertz CT molecular complexity index is 1370. The summed E-state index contributed by atoms with van der Waals surface area (Å²) in [7, 11) is 0. The fraction of sp³-hybridized carbons (Fsp3) is 0.185. The van der Waals surface area contributed by atoms with E-state index in [0.29, 0.717) is 38.0 Å². The predicted octanol–water partition coefficient (Wildman–Crippen LogP) is 8.05. The second kappa shape index (κ2) is 9.94. The van der Waals surface area contributed by atoms with Crippen molar-refractivity contribution in [2.45, 2.75) is 31.8 Å². The van der Waals surface area contributed by atoms with E-state index in [0.717, 1.165) is 40.9 Å². The number of nitrogens with zero attached hydrogens (tertiary/aromatic N) is 1. The minimum absolute atomic E-state index is 0.0130. The Balaban J connectivity index is 1.38. The van der Waals surface area contributed by atoms with Crippen molar-refractivity contribution in [1.29, 1.82) is 0 Å². The van der Waals surface area contributed by atoms with Crippen LogP contribution in [0.4, 0.5) is 0 Å². The maximum absolute atomic E-state index is 10.9.